The molecule has 1 heterocycles. The Hall–Kier alpha value is -0.570. The molecular weight excluding hydrogens is 236 g/mol. The van der Waals surface area contributed by atoms with Crippen LogP contribution in [0.5, 0.6) is 0 Å². The summed E-state index contributed by atoms with van der Waals surface area (Å²) < 4.78 is 0. The van der Waals surface area contributed by atoms with E-state index in [2.05, 4.69) is 17.1 Å². The van der Waals surface area contributed by atoms with Crippen LogP contribution < -0.4 is 5.32 Å². The van der Waals surface area contributed by atoms with Gasteiger partial charge in [-0.2, -0.15) is 0 Å². The van der Waals surface area contributed by atoms with E-state index in [1.54, 1.807) is 6.92 Å². The smallest absolute Gasteiger partial charge is 0.217 e. The summed E-state index contributed by atoms with van der Waals surface area (Å²) in [4.78, 5) is 14.0. The van der Waals surface area contributed by atoms with Crippen LogP contribution in [0.4, 0.5) is 0 Å². The Kier molecular flexibility index (Phi) is 3.84. The molecule has 4 atom stereocenters. The molecule has 4 unspecified atom stereocenters. The Labute approximate surface area is 117 Å². The average molecular weight is 264 g/mol. The molecule has 0 bridgehead atoms. The van der Waals surface area contributed by atoms with E-state index in [-0.39, 0.29) is 5.91 Å². The molecule has 0 spiro atoms. The zero-order valence-electron chi connectivity index (χ0n) is 12.4. The topological polar surface area (TPSA) is 32.3 Å². The van der Waals surface area contributed by atoms with Gasteiger partial charge in [-0.15, -0.1) is 0 Å². The lowest BCUT2D eigenvalue weighted by Gasteiger charge is -2.48. The molecule has 3 fully saturated rings. The average Bonchev–Trinajstić information content (AvgIpc) is 3.09. The minimum atomic E-state index is 0.138. The fourth-order valence-electron chi connectivity index (χ4n) is 4.09. The summed E-state index contributed by atoms with van der Waals surface area (Å²) in [5, 5.41) is 3.17. The fourth-order valence-corrected chi connectivity index (χ4v) is 4.09. The molecule has 19 heavy (non-hydrogen) atoms. The third-order valence-corrected chi connectivity index (χ3v) is 5.38. The van der Waals surface area contributed by atoms with Crippen molar-refractivity contribution < 1.29 is 4.79 Å². The van der Waals surface area contributed by atoms with Gasteiger partial charge in [0.15, 0.2) is 0 Å². The van der Waals surface area contributed by atoms with Gasteiger partial charge in [0.1, 0.15) is 0 Å². The van der Waals surface area contributed by atoms with E-state index in [1.807, 2.05) is 0 Å². The predicted molar refractivity (Wildman–Crippen MR) is 76.8 cm³/mol. The molecule has 3 nitrogen and oxygen atoms in total. The van der Waals surface area contributed by atoms with Crippen molar-refractivity contribution in [3.63, 3.8) is 0 Å². The molecular formula is C16H28N2O. The Bertz CT molecular complexity index is 340. The van der Waals surface area contributed by atoms with Gasteiger partial charge in [-0.1, -0.05) is 19.8 Å². The highest BCUT2D eigenvalue weighted by Gasteiger charge is 2.39. The highest BCUT2D eigenvalue weighted by Crippen LogP contribution is 2.40. The number of rotatable bonds is 4. The first kappa shape index (κ1) is 13.4. The summed E-state index contributed by atoms with van der Waals surface area (Å²) in [5.41, 5.74) is 0. The minimum absolute atomic E-state index is 0.138. The summed E-state index contributed by atoms with van der Waals surface area (Å²) >= 11 is 0. The first-order valence-corrected chi connectivity index (χ1v) is 8.13. The molecule has 1 amide bonds. The van der Waals surface area contributed by atoms with Crippen molar-refractivity contribution in [2.24, 2.45) is 17.8 Å². The normalized spacial score (nSPS) is 39.7. The first-order valence-electron chi connectivity index (χ1n) is 8.13. The molecule has 0 aromatic heterocycles. The van der Waals surface area contributed by atoms with Gasteiger partial charge in [-0.25, -0.2) is 0 Å². The van der Waals surface area contributed by atoms with Gasteiger partial charge in [0, 0.05) is 32.1 Å². The van der Waals surface area contributed by atoms with E-state index >= 15 is 0 Å². The van der Waals surface area contributed by atoms with Crippen LogP contribution in [-0.2, 0) is 4.79 Å². The van der Waals surface area contributed by atoms with Gasteiger partial charge < -0.3 is 5.32 Å². The summed E-state index contributed by atoms with van der Waals surface area (Å²) in [6.45, 7) is 6.39. The van der Waals surface area contributed by atoms with Crippen molar-refractivity contribution in [1.29, 1.82) is 0 Å². The van der Waals surface area contributed by atoms with E-state index in [1.165, 1.54) is 45.1 Å². The lowest BCUT2D eigenvalue weighted by Crippen LogP contribution is -2.57. The van der Waals surface area contributed by atoms with Gasteiger partial charge in [0.25, 0.3) is 0 Å². The van der Waals surface area contributed by atoms with Crippen molar-refractivity contribution in [2.45, 2.75) is 64.5 Å². The van der Waals surface area contributed by atoms with Crippen LogP contribution in [-0.4, -0.2) is 36.0 Å². The van der Waals surface area contributed by atoms with Crippen LogP contribution in [0.3, 0.4) is 0 Å². The molecule has 2 aliphatic carbocycles. The molecule has 1 aliphatic heterocycles. The van der Waals surface area contributed by atoms with E-state index < -0.39 is 0 Å². The van der Waals surface area contributed by atoms with Crippen LogP contribution in [0.15, 0.2) is 0 Å². The van der Waals surface area contributed by atoms with E-state index in [0.717, 1.165) is 30.3 Å². The third-order valence-electron chi connectivity index (χ3n) is 5.38. The second kappa shape index (κ2) is 5.43. The molecule has 0 radical (unpaired) electrons. The molecule has 1 saturated heterocycles. The van der Waals surface area contributed by atoms with Gasteiger partial charge in [0.2, 0.25) is 5.91 Å². The van der Waals surface area contributed by atoms with Crippen LogP contribution in [0.1, 0.15) is 52.4 Å². The molecule has 108 valence electrons. The number of amides is 1. The minimum Gasteiger partial charge on any atom is -0.352 e. The highest BCUT2D eigenvalue weighted by atomic mass is 16.1. The number of nitrogens with one attached hydrogen (secondary N) is 1. The van der Waals surface area contributed by atoms with Crippen molar-refractivity contribution in [3.05, 3.63) is 0 Å². The van der Waals surface area contributed by atoms with Gasteiger partial charge in [-0.05, 0) is 43.4 Å². The lowest BCUT2D eigenvalue weighted by atomic mass is 9.77. The predicted octanol–water partition coefficient (Wildman–Crippen LogP) is 2.41. The standard InChI is InChI=1S/C16H28N2O/c1-11-3-6-16(11)18-9-14(7-13-4-5-13)8-15(10-18)17-12(2)19/h11,13-16H,3-10H2,1-2H3,(H,17,19). The summed E-state index contributed by atoms with van der Waals surface area (Å²) in [5.74, 6) is 2.81. The number of carbonyl (C=O) groups is 1. The number of carbonyl (C=O) groups excluding carboxylic acids is 1. The third kappa shape index (κ3) is 3.31. The lowest BCUT2D eigenvalue weighted by molar-refractivity contribution is -0.120. The maximum absolute atomic E-state index is 11.3. The second-order valence-electron chi connectivity index (χ2n) is 7.25. The molecule has 3 rings (SSSR count). The van der Waals surface area contributed by atoms with Crippen molar-refractivity contribution in [3.8, 4) is 0 Å². The quantitative estimate of drug-likeness (QED) is 0.845. The Morgan fingerprint density at radius 3 is 2.47 bits per heavy atom. The van der Waals surface area contributed by atoms with Crippen molar-refractivity contribution in [1.82, 2.24) is 10.2 Å². The second-order valence-corrected chi connectivity index (χ2v) is 7.25. The van der Waals surface area contributed by atoms with Gasteiger partial charge >= 0.3 is 0 Å². The van der Waals surface area contributed by atoms with E-state index in [4.69, 9.17) is 0 Å². The van der Waals surface area contributed by atoms with Crippen molar-refractivity contribution in [2.75, 3.05) is 13.1 Å². The number of nitrogens with zero attached hydrogens (tertiary/aromatic N) is 1. The van der Waals surface area contributed by atoms with Crippen molar-refractivity contribution >= 4 is 5.91 Å². The zero-order chi connectivity index (χ0) is 13.4. The van der Waals surface area contributed by atoms with E-state index in [0.29, 0.717) is 6.04 Å². The van der Waals surface area contributed by atoms with E-state index in [9.17, 15) is 4.79 Å². The Morgan fingerprint density at radius 1 is 1.16 bits per heavy atom. The Balaban J connectivity index is 1.60. The maximum Gasteiger partial charge on any atom is 0.217 e. The van der Waals surface area contributed by atoms with Gasteiger partial charge in [0.05, 0.1) is 0 Å². The molecule has 1 N–H and O–H groups in total. The summed E-state index contributed by atoms with van der Waals surface area (Å²) in [6, 6.07) is 1.18. The number of likely N-dealkylation sites (tertiary alicyclic amines) is 1. The maximum atomic E-state index is 11.3. The summed E-state index contributed by atoms with van der Waals surface area (Å²) in [6.07, 6.45) is 8.24. The number of hydrogen-bond acceptors (Lipinski definition) is 2. The fraction of sp³-hybridized carbons (Fsp3) is 0.938. The van der Waals surface area contributed by atoms with Crippen LogP contribution in [0, 0.1) is 17.8 Å². The molecule has 2 saturated carbocycles. The first-order chi connectivity index (χ1) is 9.11. The number of piperidine rings is 1. The van der Waals surface area contributed by atoms with Gasteiger partial charge in [-0.3, -0.25) is 9.69 Å². The molecule has 3 heteroatoms. The molecule has 0 aromatic rings. The monoisotopic (exact) mass is 264 g/mol. The highest BCUT2D eigenvalue weighted by molar-refractivity contribution is 5.73. The summed E-state index contributed by atoms with van der Waals surface area (Å²) in [7, 11) is 0. The van der Waals surface area contributed by atoms with Crippen LogP contribution >= 0.6 is 0 Å². The molecule has 0 aromatic carbocycles. The number of hydrogen-bond donors (Lipinski definition) is 1. The van der Waals surface area contributed by atoms with Crippen LogP contribution in [0.2, 0.25) is 0 Å². The zero-order valence-corrected chi connectivity index (χ0v) is 12.4. The largest absolute Gasteiger partial charge is 0.352 e. The van der Waals surface area contributed by atoms with Crippen LogP contribution in [0.25, 0.3) is 0 Å². The molecule has 3 aliphatic rings. The Morgan fingerprint density at radius 2 is 1.95 bits per heavy atom. The SMILES string of the molecule is CC(=O)NC1CC(CC2CC2)CN(C2CCC2C)C1.